The standard InChI is InChI=1S/C16H20FN3.ClH/c1-18-13-4-3-9-20(11-13)10-12-6-7-15(17)14-5-2-8-19-16(12)14;/h2,5-8,13,18H,3-4,9-11H2,1H3;1H. The van der Waals surface area contributed by atoms with Crippen LogP contribution in [0.15, 0.2) is 30.5 Å². The Labute approximate surface area is 131 Å². The van der Waals surface area contributed by atoms with Gasteiger partial charge in [0, 0.05) is 30.7 Å². The second-order valence-corrected chi connectivity index (χ2v) is 5.47. The molecule has 1 unspecified atom stereocenters. The van der Waals surface area contributed by atoms with Gasteiger partial charge >= 0.3 is 0 Å². The SMILES string of the molecule is CNC1CCCN(Cc2ccc(F)c3cccnc23)C1.Cl. The summed E-state index contributed by atoms with van der Waals surface area (Å²) >= 11 is 0. The maximum Gasteiger partial charge on any atom is 0.132 e. The molecule has 21 heavy (non-hydrogen) atoms. The minimum atomic E-state index is -0.191. The molecule has 1 aliphatic rings. The monoisotopic (exact) mass is 309 g/mol. The molecule has 1 fully saturated rings. The summed E-state index contributed by atoms with van der Waals surface area (Å²) in [5.74, 6) is -0.191. The van der Waals surface area contributed by atoms with Crippen LogP contribution in [0.4, 0.5) is 4.39 Å². The molecule has 2 aromatic rings. The summed E-state index contributed by atoms with van der Waals surface area (Å²) in [4.78, 5) is 6.79. The van der Waals surface area contributed by atoms with Crippen LogP contribution in [-0.2, 0) is 6.54 Å². The number of pyridine rings is 1. The lowest BCUT2D eigenvalue weighted by Crippen LogP contribution is -2.43. The molecule has 0 spiro atoms. The van der Waals surface area contributed by atoms with Gasteiger partial charge in [0.2, 0.25) is 0 Å². The first kappa shape index (κ1) is 16.1. The minimum absolute atomic E-state index is 0. The number of nitrogens with one attached hydrogen (secondary N) is 1. The number of aromatic nitrogens is 1. The molecule has 0 bridgehead atoms. The first-order chi connectivity index (χ1) is 9.78. The maximum absolute atomic E-state index is 13.8. The first-order valence-electron chi connectivity index (χ1n) is 7.19. The predicted molar refractivity (Wildman–Crippen MR) is 86.3 cm³/mol. The summed E-state index contributed by atoms with van der Waals surface area (Å²) in [5, 5.41) is 3.97. The van der Waals surface area contributed by atoms with Crippen molar-refractivity contribution in [1.29, 1.82) is 0 Å². The Morgan fingerprint density at radius 2 is 2.24 bits per heavy atom. The van der Waals surface area contributed by atoms with Crippen LogP contribution in [0.5, 0.6) is 0 Å². The third kappa shape index (κ3) is 3.51. The molecule has 1 aromatic heterocycles. The highest BCUT2D eigenvalue weighted by Crippen LogP contribution is 2.22. The molecule has 1 aliphatic heterocycles. The van der Waals surface area contributed by atoms with Gasteiger partial charge in [-0.3, -0.25) is 9.88 Å². The van der Waals surface area contributed by atoms with Crippen LogP contribution >= 0.6 is 12.4 Å². The number of halogens is 2. The van der Waals surface area contributed by atoms with Crippen molar-refractivity contribution in [3.8, 4) is 0 Å². The van der Waals surface area contributed by atoms with Crippen LogP contribution < -0.4 is 5.32 Å². The van der Waals surface area contributed by atoms with Gasteiger partial charge in [-0.25, -0.2) is 4.39 Å². The van der Waals surface area contributed by atoms with Gasteiger partial charge in [-0.15, -0.1) is 12.4 Å². The number of piperidine rings is 1. The number of rotatable bonds is 3. The largest absolute Gasteiger partial charge is 0.316 e. The second-order valence-electron chi connectivity index (χ2n) is 5.47. The van der Waals surface area contributed by atoms with Gasteiger partial charge in [-0.05, 0) is 50.2 Å². The van der Waals surface area contributed by atoms with Crippen molar-refractivity contribution in [3.63, 3.8) is 0 Å². The molecular weight excluding hydrogens is 289 g/mol. The van der Waals surface area contributed by atoms with Crippen molar-refractivity contribution in [2.75, 3.05) is 20.1 Å². The van der Waals surface area contributed by atoms with Crippen molar-refractivity contribution in [1.82, 2.24) is 15.2 Å². The Morgan fingerprint density at radius 3 is 3.05 bits per heavy atom. The highest BCUT2D eigenvalue weighted by Gasteiger charge is 2.19. The lowest BCUT2D eigenvalue weighted by molar-refractivity contribution is 0.188. The van der Waals surface area contributed by atoms with Gasteiger partial charge in [0.25, 0.3) is 0 Å². The number of nitrogens with zero attached hydrogens (tertiary/aromatic N) is 2. The van der Waals surface area contributed by atoms with E-state index in [1.807, 2.05) is 13.1 Å². The average Bonchev–Trinajstić information content (AvgIpc) is 2.51. The summed E-state index contributed by atoms with van der Waals surface area (Å²) in [5.41, 5.74) is 1.90. The lowest BCUT2D eigenvalue weighted by atomic mass is 10.0. The van der Waals surface area contributed by atoms with Crippen LogP contribution in [0.2, 0.25) is 0 Å². The van der Waals surface area contributed by atoms with E-state index in [1.165, 1.54) is 12.8 Å². The molecule has 0 amide bonds. The van der Waals surface area contributed by atoms with E-state index in [9.17, 15) is 4.39 Å². The van der Waals surface area contributed by atoms with E-state index in [0.29, 0.717) is 11.4 Å². The Bertz CT molecular complexity index is 605. The molecule has 0 aliphatic carbocycles. The summed E-state index contributed by atoms with van der Waals surface area (Å²) in [6.07, 6.45) is 4.17. The third-order valence-electron chi connectivity index (χ3n) is 4.11. The molecule has 114 valence electrons. The van der Waals surface area contributed by atoms with E-state index in [2.05, 4.69) is 15.2 Å². The van der Waals surface area contributed by atoms with E-state index in [-0.39, 0.29) is 18.2 Å². The van der Waals surface area contributed by atoms with E-state index in [4.69, 9.17) is 0 Å². The molecule has 1 N–H and O–H groups in total. The van der Waals surface area contributed by atoms with Crippen LogP contribution in [0.3, 0.4) is 0 Å². The normalized spacial score (nSPS) is 19.4. The van der Waals surface area contributed by atoms with E-state index in [0.717, 1.165) is 30.7 Å². The highest BCUT2D eigenvalue weighted by atomic mass is 35.5. The van der Waals surface area contributed by atoms with Crippen molar-refractivity contribution in [2.45, 2.75) is 25.4 Å². The van der Waals surface area contributed by atoms with Gasteiger partial charge in [0.05, 0.1) is 5.52 Å². The topological polar surface area (TPSA) is 28.2 Å². The van der Waals surface area contributed by atoms with E-state index < -0.39 is 0 Å². The fraction of sp³-hybridized carbons (Fsp3) is 0.438. The Kier molecular flexibility index (Phi) is 5.51. The Morgan fingerprint density at radius 1 is 1.38 bits per heavy atom. The molecule has 1 atom stereocenters. The lowest BCUT2D eigenvalue weighted by Gasteiger charge is -2.32. The smallest absolute Gasteiger partial charge is 0.132 e. The predicted octanol–water partition coefficient (Wildman–Crippen LogP) is 2.98. The number of hydrogen-bond acceptors (Lipinski definition) is 3. The first-order valence-corrected chi connectivity index (χ1v) is 7.19. The van der Waals surface area contributed by atoms with Crippen molar-refractivity contribution in [2.24, 2.45) is 0 Å². The quantitative estimate of drug-likeness (QED) is 0.945. The van der Waals surface area contributed by atoms with Gasteiger partial charge in [0.15, 0.2) is 0 Å². The van der Waals surface area contributed by atoms with Crippen molar-refractivity contribution >= 4 is 23.3 Å². The molecule has 1 aromatic carbocycles. The number of fused-ring (bicyclic) bond motifs is 1. The molecule has 1 saturated heterocycles. The van der Waals surface area contributed by atoms with E-state index in [1.54, 1.807) is 24.4 Å². The number of benzene rings is 1. The van der Waals surface area contributed by atoms with Gasteiger partial charge < -0.3 is 5.32 Å². The minimum Gasteiger partial charge on any atom is -0.316 e. The maximum atomic E-state index is 13.8. The van der Waals surface area contributed by atoms with Crippen LogP contribution in [-0.4, -0.2) is 36.1 Å². The van der Waals surface area contributed by atoms with Gasteiger partial charge in [-0.2, -0.15) is 0 Å². The second kappa shape index (κ2) is 7.16. The molecule has 3 nitrogen and oxygen atoms in total. The summed E-state index contributed by atoms with van der Waals surface area (Å²) in [6.45, 7) is 2.98. The highest BCUT2D eigenvalue weighted by molar-refractivity contribution is 5.85. The third-order valence-corrected chi connectivity index (χ3v) is 4.11. The number of likely N-dealkylation sites (tertiary alicyclic amines) is 1. The van der Waals surface area contributed by atoms with E-state index >= 15 is 0 Å². The fourth-order valence-electron chi connectivity index (χ4n) is 3.00. The summed E-state index contributed by atoms with van der Waals surface area (Å²) < 4.78 is 13.8. The molecule has 0 saturated carbocycles. The van der Waals surface area contributed by atoms with Gasteiger partial charge in [-0.1, -0.05) is 6.07 Å². The Balaban J connectivity index is 0.00000161. The molecular formula is C16H21ClFN3. The molecule has 2 heterocycles. The zero-order valence-electron chi connectivity index (χ0n) is 12.2. The van der Waals surface area contributed by atoms with Crippen molar-refractivity contribution in [3.05, 3.63) is 41.8 Å². The number of hydrogen-bond donors (Lipinski definition) is 1. The molecule has 0 radical (unpaired) electrons. The van der Waals surface area contributed by atoms with Crippen LogP contribution in [0, 0.1) is 5.82 Å². The van der Waals surface area contributed by atoms with Crippen LogP contribution in [0.25, 0.3) is 10.9 Å². The zero-order chi connectivity index (χ0) is 13.9. The molecule has 5 heteroatoms. The number of likely N-dealkylation sites (N-methyl/N-ethyl adjacent to an activating group) is 1. The van der Waals surface area contributed by atoms with Gasteiger partial charge in [0.1, 0.15) is 5.82 Å². The fourth-order valence-corrected chi connectivity index (χ4v) is 3.00. The Hall–Kier alpha value is -1.23. The van der Waals surface area contributed by atoms with Crippen molar-refractivity contribution < 1.29 is 4.39 Å². The summed E-state index contributed by atoms with van der Waals surface area (Å²) in [6, 6.07) is 7.57. The molecule has 3 rings (SSSR count). The zero-order valence-corrected chi connectivity index (χ0v) is 13.0. The summed E-state index contributed by atoms with van der Waals surface area (Å²) in [7, 11) is 2.02. The average molecular weight is 310 g/mol. The van der Waals surface area contributed by atoms with Crippen LogP contribution in [0.1, 0.15) is 18.4 Å².